The third-order valence-electron chi connectivity index (χ3n) is 6.87. The zero-order chi connectivity index (χ0) is 21.1. The van der Waals surface area contributed by atoms with E-state index in [2.05, 4.69) is 10.6 Å². The van der Waals surface area contributed by atoms with E-state index in [1.807, 2.05) is 43.4 Å². The molecular weight excluding hydrogens is 382 g/mol. The molecule has 5 rings (SSSR count). The molecule has 0 radical (unpaired) electrons. The van der Waals surface area contributed by atoms with Gasteiger partial charge in [-0.1, -0.05) is 24.3 Å². The van der Waals surface area contributed by atoms with E-state index in [0.29, 0.717) is 37.3 Å². The number of ether oxygens (including phenoxy) is 2. The zero-order valence-electron chi connectivity index (χ0n) is 17.4. The summed E-state index contributed by atoms with van der Waals surface area (Å²) in [5.41, 5.74) is 1.27. The highest BCUT2D eigenvalue weighted by molar-refractivity contribution is 6.16. The van der Waals surface area contributed by atoms with Crippen molar-refractivity contribution < 1.29 is 19.1 Å². The van der Waals surface area contributed by atoms with Crippen LogP contribution >= 0.6 is 0 Å². The lowest BCUT2D eigenvalue weighted by Crippen LogP contribution is -2.73. The zero-order valence-corrected chi connectivity index (χ0v) is 17.4. The monoisotopic (exact) mass is 407 g/mol. The SMILES string of the molecule is CNc1ccc([C@@]23CCN[C@]4(CCC(=O)N4c4ccccc42)C3=O)c(OC)c1OC. The number of carbonyl (C=O) groups is 2. The van der Waals surface area contributed by atoms with E-state index in [-0.39, 0.29) is 11.7 Å². The van der Waals surface area contributed by atoms with Crippen LogP contribution < -0.4 is 25.0 Å². The largest absolute Gasteiger partial charge is 0.492 e. The van der Waals surface area contributed by atoms with Crippen molar-refractivity contribution in [2.75, 3.05) is 38.0 Å². The number of carbonyl (C=O) groups excluding carboxylic acids is 2. The summed E-state index contributed by atoms with van der Waals surface area (Å²) in [5, 5.41) is 6.52. The first-order valence-electron chi connectivity index (χ1n) is 10.2. The number of amides is 1. The average molecular weight is 407 g/mol. The highest BCUT2D eigenvalue weighted by Crippen LogP contribution is 2.57. The number of ketones is 1. The summed E-state index contributed by atoms with van der Waals surface area (Å²) in [4.78, 5) is 28.8. The van der Waals surface area contributed by atoms with Gasteiger partial charge >= 0.3 is 0 Å². The van der Waals surface area contributed by atoms with Gasteiger partial charge in [0.25, 0.3) is 0 Å². The molecule has 30 heavy (non-hydrogen) atoms. The van der Waals surface area contributed by atoms with Crippen LogP contribution in [0.15, 0.2) is 36.4 Å². The Morgan fingerprint density at radius 1 is 1.00 bits per heavy atom. The van der Waals surface area contributed by atoms with E-state index in [1.165, 1.54) is 0 Å². The molecule has 2 N–H and O–H groups in total. The van der Waals surface area contributed by atoms with Gasteiger partial charge in [0.05, 0.1) is 31.0 Å². The predicted octanol–water partition coefficient (Wildman–Crippen LogP) is 2.43. The van der Waals surface area contributed by atoms with Crippen molar-refractivity contribution in [3.8, 4) is 11.5 Å². The first-order valence-corrected chi connectivity index (χ1v) is 10.2. The van der Waals surface area contributed by atoms with Gasteiger partial charge in [0, 0.05) is 25.5 Å². The number of fused-ring (bicyclic) bond motifs is 4. The van der Waals surface area contributed by atoms with Gasteiger partial charge in [-0.25, -0.2) is 0 Å². The van der Waals surface area contributed by atoms with Gasteiger partial charge in [0.15, 0.2) is 22.9 Å². The number of anilines is 2. The Balaban J connectivity index is 1.86. The average Bonchev–Trinajstić information content (AvgIpc) is 3.10. The minimum absolute atomic E-state index is 0.00311. The summed E-state index contributed by atoms with van der Waals surface area (Å²) in [6.07, 6.45) is 1.39. The van der Waals surface area contributed by atoms with Crippen LogP contribution in [0.25, 0.3) is 0 Å². The van der Waals surface area contributed by atoms with Gasteiger partial charge in [-0.3, -0.25) is 19.8 Å². The number of hydrogen-bond donors (Lipinski definition) is 2. The minimum atomic E-state index is -1.01. The van der Waals surface area contributed by atoms with E-state index in [9.17, 15) is 9.59 Å². The van der Waals surface area contributed by atoms with E-state index >= 15 is 0 Å². The molecule has 3 aliphatic rings. The molecular formula is C23H25N3O4. The topological polar surface area (TPSA) is 79.9 Å². The number of Topliss-reactive ketones (excluding diaryl/α,β-unsaturated/α-hetero) is 1. The molecule has 0 aromatic heterocycles. The molecule has 2 atom stereocenters. The molecule has 3 heterocycles. The molecule has 2 saturated heterocycles. The van der Waals surface area contributed by atoms with Gasteiger partial charge in [0.1, 0.15) is 0 Å². The lowest BCUT2D eigenvalue weighted by Gasteiger charge is -2.54. The van der Waals surface area contributed by atoms with E-state index in [1.54, 1.807) is 19.1 Å². The van der Waals surface area contributed by atoms with Crippen molar-refractivity contribution in [3.05, 3.63) is 47.5 Å². The Morgan fingerprint density at radius 3 is 2.50 bits per heavy atom. The molecule has 0 aliphatic carbocycles. The number of nitrogens with one attached hydrogen (secondary N) is 2. The molecule has 2 aromatic carbocycles. The van der Waals surface area contributed by atoms with Crippen molar-refractivity contribution in [1.29, 1.82) is 0 Å². The smallest absolute Gasteiger partial charge is 0.229 e. The summed E-state index contributed by atoms with van der Waals surface area (Å²) < 4.78 is 11.5. The van der Waals surface area contributed by atoms with Crippen molar-refractivity contribution >= 4 is 23.1 Å². The Kier molecular flexibility index (Phi) is 4.08. The number of rotatable bonds is 4. The number of benzene rings is 2. The van der Waals surface area contributed by atoms with Crippen LogP contribution in [0.5, 0.6) is 11.5 Å². The summed E-state index contributed by atoms with van der Waals surface area (Å²) in [5.74, 6) is 1.09. The van der Waals surface area contributed by atoms with Crippen molar-refractivity contribution in [2.45, 2.75) is 30.3 Å². The van der Waals surface area contributed by atoms with E-state index < -0.39 is 11.1 Å². The molecule has 156 valence electrons. The third kappa shape index (κ3) is 2.08. The lowest BCUT2D eigenvalue weighted by atomic mass is 9.60. The fourth-order valence-electron chi connectivity index (χ4n) is 5.64. The predicted molar refractivity (Wildman–Crippen MR) is 113 cm³/mol. The number of methoxy groups -OCH3 is 2. The van der Waals surface area contributed by atoms with Crippen molar-refractivity contribution in [2.24, 2.45) is 0 Å². The fraction of sp³-hybridized carbons (Fsp3) is 0.391. The number of nitrogens with zero attached hydrogens (tertiary/aromatic N) is 1. The van der Waals surface area contributed by atoms with Gasteiger partial charge < -0.3 is 14.8 Å². The maximum Gasteiger partial charge on any atom is 0.229 e. The Labute approximate surface area is 175 Å². The highest BCUT2D eigenvalue weighted by Gasteiger charge is 2.66. The molecule has 0 unspecified atom stereocenters. The normalized spacial score (nSPS) is 26.8. The van der Waals surface area contributed by atoms with Gasteiger partial charge in [-0.05, 0) is 30.7 Å². The quantitative estimate of drug-likeness (QED) is 0.811. The van der Waals surface area contributed by atoms with E-state index in [4.69, 9.17) is 9.47 Å². The molecule has 2 bridgehead atoms. The van der Waals surface area contributed by atoms with Gasteiger partial charge in [-0.15, -0.1) is 0 Å². The van der Waals surface area contributed by atoms with Crippen LogP contribution in [0.2, 0.25) is 0 Å². The Hall–Kier alpha value is -3.06. The summed E-state index contributed by atoms with van der Waals surface area (Å²) in [6.45, 7) is 0.614. The number of para-hydroxylation sites is 1. The van der Waals surface area contributed by atoms with Crippen molar-refractivity contribution in [3.63, 3.8) is 0 Å². The Bertz CT molecular complexity index is 1070. The standard InChI is InChI=1S/C23H25N3O4/c1-24-16-9-8-15(19(29-2)20(16)30-3)22-12-13-25-23(21(22)28)11-10-18(27)26(23)17-7-5-4-6-14(17)22/h4-9,24-25H,10-13H2,1-3H3/t22-,23+/m1/s1. The van der Waals surface area contributed by atoms with Crippen LogP contribution in [-0.4, -0.2) is 45.2 Å². The lowest BCUT2D eigenvalue weighted by molar-refractivity contribution is -0.134. The van der Waals surface area contributed by atoms with E-state index in [0.717, 1.165) is 22.5 Å². The molecule has 1 amide bonds. The van der Waals surface area contributed by atoms with Gasteiger partial charge in [0.2, 0.25) is 5.91 Å². The first kappa shape index (κ1) is 18.9. The van der Waals surface area contributed by atoms with Crippen LogP contribution in [0.3, 0.4) is 0 Å². The number of piperidine rings is 1. The molecule has 2 fully saturated rings. The maximum atomic E-state index is 14.3. The summed E-state index contributed by atoms with van der Waals surface area (Å²) in [6, 6.07) is 11.6. The van der Waals surface area contributed by atoms with Crippen LogP contribution in [0, 0.1) is 0 Å². The maximum absolute atomic E-state index is 14.3. The summed E-state index contributed by atoms with van der Waals surface area (Å²) >= 11 is 0. The molecule has 7 nitrogen and oxygen atoms in total. The van der Waals surface area contributed by atoms with Crippen LogP contribution in [0.4, 0.5) is 11.4 Å². The minimum Gasteiger partial charge on any atom is -0.492 e. The van der Waals surface area contributed by atoms with Crippen LogP contribution in [-0.2, 0) is 15.0 Å². The second-order valence-corrected chi connectivity index (χ2v) is 7.99. The third-order valence-corrected chi connectivity index (χ3v) is 6.87. The molecule has 3 aliphatic heterocycles. The van der Waals surface area contributed by atoms with Gasteiger partial charge in [-0.2, -0.15) is 0 Å². The highest BCUT2D eigenvalue weighted by atomic mass is 16.5. The Morgan fingerprint density at radius 2 is 1.77 bits per heavy atom. The first-order chi connectivity index (χ1) is 14.5. The number of hydrogen-bond acceptors (Lipinski definition) is 6. The summed E-state index contributed by atoms with van der Waals surface area (Å²) in [7, 11) is 5.01. The second kappa shape index (κ2) is 6.47. The molecule has 7 heteroatoms. The fourth-order valence-corrected chi connectivity index (χ4v) is 5.64. The van der Waals surface area contributed by atoms with Crippen molar-refractivity contribution in [1.82, 2.24) is 5.32 Å². The van der Waals surface area contributed by atoms with Crippen LogP contribution in [0.1, 0.15) is 30.4 Å². The second-order valence-electron chi connectivity index (χ2n) is 7.99. The molecule has 1 spiro atoms. The molecule has 2 aromatic rings. The molecule has 0 saturated carbocycles.